The van der Waals surface area contributed by atoms with Gasteiger partial charge in [0.1, 0.15) is 5.82 Å². The third-order valence-electron chi connectivity index (χ3n) is 6.50. The number of fused-ring (bicyclic) bond motifs is 3. The molecule has 0 radical (unpaired) electrons. The minimum Gasteiger partial charge on any atom is -0.481 e. The summed E-state index contributed by atoms with van der Waals surface area (Å²) in [5.41, 5.74) is 0.0835. The van der Waals surface area contributed by atoms with Gasteiger partial charge in [-0.05, 0) is 61.6 Å². The van der Waals surface area contributed by atoms with Crippen LogP contribution >= 0.6 is 0 Å². The van der Waals surface area contributed by atoms with Crippen LogP contribution in [0.5, 0.6) is 0 Å². The maximum absolute atomic E-state index is 14.6. The normalized spacial score (nSPS) is 31.6. The molecule has 3 fully saturated rings. The topological polar surface area (TPSA) is 61.1 Å². The summed E-state index contributed by atoms with van der Waals surface area (Å²) in [4.78, 5) is 12.1. The molecule has 3 aliphatic rings. The Labute approximate surface area is 142 Å². The van der Waals surface area contributed by atoms with Gasteiger partial charge in [-0.1, -0.05) is 25.8 Å². The van der Waals surface area contributed by atoms with Gasteiger partial charge in [-0.25, -0.2) is 4.39 Å². The van der Waals surface area contributed by atoms with E-state index in [0.29, 0.717) is 18.4 Å². The van der Waals surface area contributed by atoms with Gasteiger partial charge in [0.15, 0.2) is 0 Å². The highest BCUT2D eigenvalue weighted by molar-refractivity contribution is 5.77. The summed E-state index contributed by atoms with van der Waals surface area (Å²) >= 11 is 0. The Morgan fingerprint density at radius 2 is 2.08 bits per heavy atom. The fourth-order valence-corrected chi connectivity index (χ4v) is 4.96. The highest BCUT2D eigenvalue weighted by Crippen LogP contribution is 2.64. The van der Waals surface area contributed by atoms with Crippen molar-refractivity contribution in [1.29, 1.82) is 5.26 Å². The second kappa shape index (κ2) is 6.20. The average Bonchev–Trinajstić information content (AvgIpc) is 2.60. The highest BCUT2D eigenvalue weighted by Gasteiger charge is 2.58. The lowest BCUT2D eigenvalue weighted by Gasteiger charge is -2.56. The number of unbranched alkanes of at least 4 members (excludes halogenated alkanes) is 1. The fraction of sp³-hybridized carbons (Fsp3) is 0.600. The number of hydrogen-bond donors (Lipinski definition) is 1. The first-order valence-electron chi connectivity index (χ1n) is 8.89. The van der Waals surface area contributed by atoms with E-state index in [1.165, 1.54) is 6.07 Å². The van der Waals surface area contributed by atoms with Crippen LogP contribution in [-0.4, -0.2) is 11.1 Å². The molecule has 3 saturated carbocycles. The van der Waals surface area contributed by atoms with E-state index >= 15 is 0 Å². The van der Waals surface area contributed by atoms with Crippen molar-refractivity contribution in [2.45, 2.75) is 64.2 Å². The lowest BCUT2D eigenvalue weighted by atomic mass is 9.47. The molecule has 1 unspecified atom stereocenters. The van der Waals surface area contributed by atoms with Crippen LogP contribution < -0.4 is 0 Å². The first kappa shape index (κ1) is 17.0. The van der Waals surface area contributed by atoms with Crippen LogP contribution in [0.4, 0.5) is 4.39 Å². The molecule has 1 aromatic carbocycles. The van der Waals surface area contributed by atoms with Gasteiger partial charge in [0.05, 0.1) is 17.0 Å². The van der Waals surface area contributed by atoms with Gasteiger partial charge in [0, 0.05) is 5.92 Å². The molecule has 128 valence electrons. The van der Waals surface area contributed by atoms with E-state index in [1.807, 2.05) is 6.07 Å². The molecule has 0 amide bonds. The van der Waals surface area contributed by atoms with Gasteiger partial charge in [0.25, 0.3) is 0 Å². The lowest BCUT2D eigenvalue weighted by molar-refractivity contribution is -0.162. The lowest BCUT2D eigenvalue weighted by Crippen LogP contribution is -2.51. The molecule has 0 saturated heterocycles. The van der Waals surface area contributed by atoms with Crippen LogP contribution in [-0.2, 0) is 4.79 Å². The number of rotatable bonds is 5. The van der Waals surface area contributed by atoms with Gasteiger partial charge in [-0.2, -0.15) is 5.26 Å². The number of benzene rings is 1. The summed E-state index contributed by atoms with van der Waals surface area (Å²) in [5.74, 6) is -1.51. The molecular weight excluding hydrogens is 305 g/mol. The zero-order valence-corrected chi connectivity index (χ0v) is 14.1. The summed E-state index contributed by atoms with van der Waals surface area (Å²) in [5, 5.41) is 18.9. The van der Waals surface area contributed by atoms with Crippen LogP contribution in [0.15, 0.2) is 18.2 Å². The number of halogens is 1. The van der Waals surface area contributed by atoms with Crippen LogP contribution in [0.25, 0.3) is 0 Å². The quantitative estimate of drug-likeness (QED) is 0.826. The van der Waals surface area contributed by atoms with E-state index in [0.717, 1.165) is 38.5 Å². The van der Waals surface area contributed by atoms with Crippen LogP contribution in [0, 0.1) is 28.0 Å². The summed E-state index contributed by atoms with van der Waals surface area (Å²) < 4.78 is 14.6. The van der Waals surface area contributed by atoms with Gasteiger partial charge >= 0.3 is 5.97 Å². The third kappa shape index (κ3) is 2.60. The van der Waals surface area contributed by atoms with Crippen LogP contribution in [0.2, 0.25) is 0 Å². The van der Waals surface area contributed by atoms with Crippen molar-refractivity contribution in [1.82, 2.24) is 0 Å². The molecule has 0 heterocycles. The van der Waals surface area contributed by atoms with E-state index < -0.39 is 17.2 Å². The predicted molar refractivity (Wildman–Crippen MR) is 89.0 cm³/mol. The Morgan fingerprint density at radius 3 is 2.62 bits per heavy atom. The molecular formula is C20H24FNO2. The SMILES string of the molecule is CCCCC12CCC(C(=O)O)(CC1)C(c1ccc(C#N)cc1F)C2. The highest BCUT2D eigenvalue weighted by atomic mass is 19.1. The standard InChI is InChI=1S/C20H24FNO2/c1-2-3-6-19-7-9-20(10-8-19,18(23)24)16(12-19)15-5-4-14(13-22)11-17(15)21/h4-5,11,16H,2-3,6-10,12H2,1H3,(H,23,24). The number of aliphatic carboxylic acids is 1. The van der Waals surface area contributed by atoms with Crippen LogP contribution in [0.3, 0.4) is 0 Å². The Hall–Kier alpha value is -1.89. The molecule has 0 aliphatic heterocycles. The number of carboxylic acid groups (broad SMARTS) is 1. The van der Waals surface area contributed by atoms with Crippen molar-refractivity contribution in [2.75, 3.05) is 0 Å². The smallest absolute Gasteiger partial charge is 0.310 e. The van der Waals surface area contributed by atoms with E-state index in [9.17, 15) is 14.3 Å². The van der Waals surface area contributed by atoms with Crippen molar-refractivity contribution in [2.24, 2.45) is 10.8 Å². The number of hydrogen-bond acceptors (Lipinski definition) is 2. The van der Waals surface area contributed by atoms with E-state index in [4.69, 9.17) is 5.26 Å². The van der Waals surface area contributed by atoms with Gasteiger partial charge in [0.2, 0.25) is 0 Å². The van der Waals surface area contributed by atoms with Gasteiger partial charge in [-0.3, -0.25) is 4.79 Å². The molecule has 2 bridgehead atoms. The molecule has 0 spiro atoms. The summed E-state index contributed by atoms with van der Waals surface area (Å²) in [6.07, 6.45) is 7.27. The first-order chi connectivity index (χ1) is 11.5. The molecule has 24 heavy (non-hydrogen) atoms. The molecule has 0 aromatic heterocycles. The van der Waals surface area contributed by atoms with E-state index in [2.05, 4.69) is 6.92 Å². The largest absolute Gasteiger partial charge is 0.481 e. The zero-order valence-electron chi connectivity index (χ0n) is 14.1. The molecule has 4 rings (SSSR count). The maximum Gasteiger partial charge on any atom is 0.310 e. The molecule has 3 aliphatic carbocycles. The van der Waals surface area contributed by atoms with E-state index in [-0.39, 0.29) is 16.9 Å². The number of nitriles is 1. The summed E-state index contributed by atoms with van der Waals surface area (Å²) in [6, 6.07) is 6.43. The Morgan fingerprint density at radius 1 is 1.38 bits per heavy atom. The monoisotopic (exact) mass is 329 g/mol. The molecule has 1 N–H and O–H groups in total. The van der Waals surface area contributed by atoms with Crippen molar-refractivity contribution < 1.29 is 14.3 Å². The van der Waals surface area contributed by atoms with Crippen molar-refractivity contribution in [3.05, 3.63) is 35.1 Å². The Balaban J connectivity index is 2.00. The summed E-state index contributed by atoms with van der Waals surface area (Å²) in [7, 11) is 0. The molecule has 1 aromatic rings. The first-order valence-corrected chi connectivity index (χ1v) is 8.89. The van der Waals surface area contributed by atoms with Crippen molar-refractivity contribution >= 4 is 5.97 Å². The maximum atomic E-state index is 14.6. The number of nitrogens with zero attached hydrogens (tertiary/aromatic N) is 1. The van der Waals surface area contributed by atoms with Crippen molar-refractivity contribution in [3.8, 4) is 6.07 Å². The predicted octanol–water partition coefficient (Wildman–Crippen LogP) is 5.01. The minimum atomic E-state index is -0.844. The zero-order chi connectivity index (χ0) is 17.4. The van der Waals surface area contributed by atoms with E-state index in [1.54, 1.807) is 12.1 Å². The second-order valence-electron chi connectivity index (χ2n) is 7.67. The fourth-order valence-electron chi connectivity index (χ4n) is 4.96. The Bertz CT molecular complexity index is 683. The molecule has 4 heteroatoms. The minimum absolute atomic E-state index is 0.165. The van der Waals surface area contributed by atoms with Gasteiger partial charge in [-0.15, -0.1) is 0 Å². The summed E-state index contributed by atoms with van der Waals surface area (Å²) in [6.45, 7) is 2.17. The molecule has 1 atom stereocenters. The average molecular weight is 329 g/mol. The second-order valence-corrected chi connectivity index (χ2v) is 7.67. The van der Waals surface area contributed by atoms with Crippen molar-refractivity contribution in [3.63, 3.8) is 0 Å². The Kier molecular flexibility index (Phi) is 4.38. The van der Waals surface area contributed by atoms with Gasteiger partial charge < -0.3 is 5.11 Å². The number of carboxylic acids is 1. The third-order valence-corrected chi connectivity index (χ3v) is 6.50. The van der Waals surface area contributed by atoms with Crippen LogP contribution in [0.1, 0.15) is 75.3 Å². The molecule has 3 nitrogen and oxygen atoms in total. The number of carbonyl (C=O) groups is 1.